The van der Waals surface area contributed by atoms with Gasteiger partial charge in [0.05, 0.1) is 33.4 Å². The molecule has 1 N–H and O–H groups in total. The van der Waals surface area contributed by atoms with Gasteiger partial charge < -0.3 is 19.1 Å². The van der Waals surface area contributed by atoms with Gasteiger partial charge in [0.15, 0.2) is 11.5 Å². The van der Waals surface area contributed by atoms with Crippen LogP contribution in [0.2, 0.25) is 0 Å². The highest BCUT2D eigenvalue weighted by Gasteiger charge is 2.18. The molecule has 0 amide bonds. The molecule has 1 aliphatic heterocycles. The van der Waals surface area contributed by atoms with Crippen molar-refractivity contribution in [2.75, 3.05) is 46.6 Å². The number of quaternary nitrogens is 1. The molecule has 0 aliphatic carbocycles. The summed E-state index contributed by atoms with van der Waals surface area (Å²) in [4.78, 5) is 1.68. The van der Waals surface area contributed by atoms with E-state index in [0.717, 1.165) is 30.6 Å². The number of aryl methyl sites for hydroxylation is 1. The van der Waals surface area contributed by atoms with Gasteiger partial charge in [-0.15, -0.1) is 0 Å². The Bertz CT molecular complexity index is 450. The smallest absolute Gasteiger partial charge is 0.161 e. The van der Waals surface area contributed by atoms with Crippen LogP contribution in [0.4, 0.5) is 0 Å². The third-order valence-electron chi connectivity index (χ3n) is 4.27. The Labute approximate surface area is 134 Å². The van der Waals surface area contributed by atoms with Gasteiger partial charge in [0.2, 0.25) is 0 Å². The number of piperidine rings is 1. The Hall–Kier alpha value is -1.26. The van der Waals surface area contributed by atoms with Crippen molar-refractivity contribution in [1.29, 1.82) is 0 Å². The van der Waals surface area contributed by atoms with Gasteiger partial charge >= 0.3 is 0 Å². The van der Waals surface area contributed by atoms with Crippen LogP contribution in [-0.4, -0.2) is 46.6 Å². The van der Waals surface area contributed by atoms with Gasteiger partial charge in [0, 0.05) is 5.92 Å². The highest BCUT2D eigenvalue weighted by molar-refractivity contribution is 5.42. The number of nitrogens with one attached hydrogen (secondary N) is 1. The third kappa shape index (κ3) is 5.50. The molecular weight excluding hydrogens is 278 g/mol. The van der Waals surface area contributed by atoms with E-state index in [4.69, 9.17) is 14.2 Å². The van der Waals surface area contributed by atoms with Crippen molar-refractivity contribution in [3.05, 3.63) is 23.8 Å². The summed E-state index contributed by atoms with van der Waals surface area (Å²) in [5.41, 5.74) is 1.17. The maximum absolute atomic E-state index is 5.74. The lowest BCUT2D eigenvalue weighted by atomic mass is 10.0. The molecule has 0 radical (unpaired) electrons. The van der Waals surface area contributed by atoms with Gasteiger partial charge in [-0.1, -0.05) is 13.0 Å². The number of ether oxygens (including phenoxy) is 3. The SMILES string of the molecule is COc1cc(C)ccc1OCCOCC[NH+]1CCC[C@H](C)C1. The van der Waals surface area contributed by atoms with E-state index in [9.17, 15) is 0 Å². The lowest BCUT2D eigenvalue weighted by Crippen LogP contribution is -3.14. The first kappa shape index (κ1) is 17.1. The van der Waals surface area contributed by atoms with Crippen LogP contribution in [0.15, 0.2) is 18.2 Å². The summed E-state index contributed by atoms with van der Waals surface area (Å²) in [6.07, 6.45) is 2.74. The Balaban J connectivity index is 1.59. The molecular formula is C18H30NO3+. The second-order valence-corrected chi connectivity index (χ2v) is 6.32. The summed E-state index contributed by atoms with van der Waals surface area (Å²) >= 11 is 0. The van der Waals surface area contributed by atoms with Crippen molar-refractivity contribution in [2.45, 2.75) is 26.7 Å². The van der Waals surface area contributed by atoms with Crippen molar-refractivity contribution in [3.8, 4) is 11.5 Å². The summed E-state index contributed by atoms with van der Waals surface area (Å²) in [5, 5.41) is 0. The molecule has 0 saturated carbocycles. The molecule has 124 valence electrons. The van der Waals surface area contributed by atoms with Crippen molar-refractivity contribution in [2.24, 2.45) is 5.92 Å². The van der Waals surface area contributed by atoms with Crippen molar-refractivity contribution >= 4 is 0 Å². The fourth-order valence-electron chi connectivity index (χ4n) is 3.05. The zero-order valence-electron chi connectivity index (χ0n) is 14.2. The number of hydrogen-bond donors (Lipinski definition) is 1. The van der Waals surface area contributed by atoms with E-state index in [-0.39, 0.29) is 0 Å². The fourth-order valence-corrected chi connectivity index (χ4v) is 3.05. The van der Waals surface area contributed by atoms with Crippen LogP contribution in [0.25, 0.3) is 0 Å². The highest BCUT2D eigenvalue weighted by Crippen LogP contribution is 2.27. The number of rotatable bonds is 8. The van der Waals surface area contributed by atoms with Crippen LogP contribution in [0, 0.1) is 12.8 Å². The molecule has 1 heterocycles. The second-order valence-electron chi connectivity index (χ2n) is 6.32. The van der Waals surface area contributed by atoms with Crippen LogP contribution in [-0.2, 0) is 4.74 Å². The zero-order valence-corrected chi connectivity index (χ0v) is 14.2. The first-order valence-electron chi connectivity index (χ1n) is 8.38. The molecule has 0 bridgehead atoms. The molecule has 2 rings (SSSR count). The molecule has 0 aromatic heterocycles. The summed E-state index contributed by atoms with van der Waals surface area (Å²) < 4.78 is 16.8. The molecule has 1 unspecified atom stereocenters. The maximum Gasteiger partial charge on any atom is 0.161 e. The summed E-state index contributed by atoms with van der Waals surface area (Å²) in [7, 11) is 1.67. The summed E-state index contributed by atoms with van der Waals surface area (Å²) in [6, 6.07) is 5.96. The molecule has 4 heteroatoms. The Morgan fingerprint density at radius 1 is 1.18 bits per heavy atom. The Kier molecular flexibility index (Phi) is 7.00. The quantitative estimate of drug-likeness (QED) is 0.742. The number of methoxy groups -OCH3 is 1. The van der Waals surface area contributed by atoms with Crippen LogP contribution < -0.4 is 14.4 Å². The molecule has 4 nitrogen and oxygen atoms in total. The Morgan fingerprint density at radius 2 is 2.05 bits per heavy atom. The van der Waals surface area contributed by atoms with Gasteiger partial charge in [-0.25, -0.2) is 0 Å². The molecule has 1 aromatic rings. The van der Waals surface area contributed by atoms with Crippen molar-refractivity contribution < 1.29 is 19.1 Å². The summed E-state index contributed by atoms with van der Waals surface area (Å²) in [5.74, 6) is 2.43. The average molecular weight is 308 g/mol. The van der Waals surface area contributed by atoms with Crippen molar-refractivity contribution in [1.82, 2.24) is 0 Å². The van der Waals surface area contributed by atoms with E-state index in [1.54, 1.807) is 12.0 Å². The summed E-state index contributed by atoms with van der Waals surface area (Å²) in [6.45, 7) is 10.1. The predicted molar refractivity (Wildman–Crippen MR) is 88.0 cm³/mol. The maximum atomic E-state index is 5.74. The average Bonchev–Trinajstić information content (AvgIpc) is 2.52. The van der Waals surface area contributed by atoms with Crippen LogP contribution in [0.3, 0.4) is 0 Å². The minimum atomic E-state index is 0.561. The number of hydrogen-bond acceptors (Lipinski definition) is 3. The van der Waals surface area contributed by atoms with E-state index >= 15 is 0 Å². The van der Waals surface area contributed by atoms with Crippen LogP contribution in [0.1, 0.15) is 25.3 Å². The predicted octanol–water partition coefficient (Wildman–Crippen LogP) is 1.71. The van der Waals surface area contributed by atoms with E-state index in [1.807, 2.05) is 25.1 Å². The largest absolute Gasteiger partial charge is 0.493 e. The third-order valence-corrected chi connectivity index (χ3v) is 4.27. The normalized spacial score (nSPS) is 21.6. The van der Waals surface area contributed by atoms with E-state index in [1.165, 1.54) is 31.5 Å². The fraction of sp³-hybridized carbons (Fsp3) is 0.667. The standard InChI is InChI=1S/C18H29NO3/c1-15-6-7-17(18(13-15)20-3)22-12-11-21-10-9-19-8-4-5-16(2)14-19/h6-7,13,16H,4-5,8-12,14H2,1-3H3/p+1/t16-/m0/s1. The minimum Gasteiger partial charge on any atom is -0.493 e. The van der Waals surface area contributed by atoms with Gasteiger partial charge in [0.25, 0.3) is 0 Å². The lowest BCUT2D eigenvalue weighted by Gasteiger charge is -2.27. The van der Waals surface area contributed by atoms with E-state index in [2.05, 4.69) is 6.92 Å². The Morgan fingerprint density at radius 3 is 2.82 bits per heavy atom. The molecule has 1 saturated heterocycles. The molecule has 0 spiro atoms. The molecule has 22 heavy (non-hydrogen) atoms. The lowest BCUT2D eigenvalue weighted by molar-refractivity contribution is -0.908. The monoisotopic (exact) mass is 308 g/mol. The second kappa shape index (κ2) is 9.01. The first-order valence-corrected chi connectivity index (χ1v) is 8.38. The van der Waals surface area contributed by atoms with E-state index in [0.29, 0.717) is 13.2 Å². The van der Waals surface area contributed by atoms with Gasteiger partial charge in [-0.05, 0) is 37.5 Å². The highest BCUT2D eigenvalue weighted by atomic mass is 16.5. The van der Waals surface area contributed by atoms with Gasteiger partial charge in [0.1, 0.15) is 13.2 Å². The minimum absolute atomic E-state index is 0.561. The van der Waals surface area contributed by atoms with Crippen LogP contribution in [0.5, 0.6) is 11.5 Å². The topological polar surface area (TPSA) is 32.1 Å². The molecule has 1 aliphatic rings. The first-order chi connectivity index (χ1) is 10.7. The zero-order chi connectivity index (χ0) is 15.8. The number of benzene rings is 1. The van der Waals surface area contributed by atoms with Gasteiger partial charge in [-0.2, -0.15) is 0 Å². The number of likely N-dealkylation sites (tertiary alicyclic amines) is 1. The van der Waals surface area contributed by atoms with Crippen molar-refractivity contribution in [3.63, 3.8) is 0 Å². The molecule has 1 aromatic carbocycles. The van der Waals surface area contributed by atoms with Crippen LogP contribution >= 0.6 is 0 Å². The van der Waals surface area contributed by atoms with E-state index < -0.39 is 0 Å². The molecule has 2 atom stereocenters. The van der Waals surface area contributed by atoms with Gasteiger partial charge in [-0.3, -0.25) is 0 Å². The molecule has 1 fully saturated rings.